The highest BCUT2D eigenvalue weighted by Gasteiger charge is 2.08. The van der Waals surface area contributed by atoms with Gasteiger partial charge in [0.05, 0.1) is 7.11 Å². The van der Waals surface area contributed by atoms with Crippen molar-refractivity contribution < 1.29 is 19.1 Å². The summed E-state index contributed by atoms with van der Waals surface area (Å²) in [5.74, 6) is 1.45. The van der Waals surface area contributed by atoms with Gasteiger partial charge in [-0.3, -0.25) is 14.6 Å². The smallest absolute Gasteiger partial charge is 0.269 e. The molecule has 1 heterocycles. The van der Waals surface area contributed by atoms with Crippen LogP contribution in [0.25, 0.3) is 0 Å². The summed E-state index contributed by atoms with van der Waals surface area (Å²) in [6, 6.07) is 18.0. The molecule has 0 bridgehead atoms. The number of hydrogen-bond acceptors (Lipinski definition) is 5. The summed E-state index contributed by atoms with van der Waals surface area (Å²) >= 11 is 0. The van der Waals surface area contributed by atoms with Crippen LogP contribution in [0.5, 0.6) is 17.2 Å². The molecule has 2 amide bonds. The van der Waals surface area contributed by atoms with E-state index in [0.717, 1.165) is 5.56 Å². The van der Waals surface area contributed by atoms with Crippen LogP contribution in [0.4, 0.5) is 5.69 Å². The van der Waals surface area contributed by atoms with Crippen LogP contribution in [0.1, 0.15) is 22.5 Å². The Kier molecular flexibility index (Phi) is 7.00. The molecule has 2 N–H and O–H groups in total. The van der Waals surface area contributed by atoms with Crippen LogP contribution in [-0.4, -0.2) is 31.0 Å². The Balaban J connectivity index is 1.59. The molecule has 2 aromatic carbocycles. The maximum absolute atomic E-state index is 12.3. The lowest BCUT2D eigenvalue weighted by Crippen LogP contribution is -2.18. The summed E-state index contributed by atoms with van der Waals surface area (Å²) in [5, 5.41) is 5.40. The van der Waals surface area contributed by atoms with Crippen molar-refractivity contribution in [3.63, 3.8) is 0 Å². The second-order valence-electron chi connectivity index (χ2n) is 6.49. The molecular formula is C23H23N3O4. The number of aryl methyl sites for hydroxylation is 1. The Hall–Kier alpha value is -3.87. The summed E-state index contributed by atoms with van der Waals surface area (Å²) in [6.07, 6.45) is 2.41. The molecule has 7 nitrogen and oxygen atoms in total. The summed E-state index contributed by atoms with van der Waals surface area (Å²) in [4.78, 5) is 28.0. The van der Waals surface area contributed by atoms with Gasteiger partial charge in [-0.15, -0.1) is 0 Å². The molecule has 0 unspecified atom stereocenters. The maximum atomic E-state index is 12.3. The Morgan fingerprint density at radius 3 is 2.53 bits per heavy atom. The third kappa shape index (κ3) is 5.81. The molecule has 0 fully saturated rings. The number of nitrogens with one attached hydrogen (secondary N) is 2. The molecule has 0 radical (unpaired) electrons. The summed E-state index contributed by atoms with van der Waals surface area (Å²) < 4.78 is 11.0. The fraction of sp³-hybridized carbons (Fsp3) is 0.174. The number of ether oxygens (including phenoxy) is 2. The molecule has 0 aliphatic heterocycles. The van der Waals surface area contributed by atoms with E-state index in [9.17, 15) is 9.59 Å². The molecule has 0 spiro atoms. The molecule has 0 atom stereocenters. The molecular weight excluding hydrogens is 382 g/mol. The van der Waals surface area contributed by atoms with Gasteiger partial charge in [-0.05, 0) is 42.3 Å². The summed E-state index contributed by atoms with van der Waals surface area (Å²) in [5.41, 5.74) is 1.94. The van der Waals surface area contributed by atoms with Gasteiger partial charge in [0.1, 0.15) is 22.9 Å². The molecule has 30 heavy (non-hydrogen) atoms. The molecule has 7 heteroatoms. The molecule has 1 aromatic heterocycles. The highest BCUT2D eigenvalue weighted by Crippen LogP contribution is 2.23. The second kappa shape index (κ2) is 10.1. The predicted octanol–water partition coefficient (Wildman–Crippen LogP) is 3.81. The zero-order valence-electron chi connectivity index (χ0n) is 16.8. The Morgan fingerprint density at radius 1 is 0.967 bits per heavy atom. The molecule has 0 aliphatic rings. The molecule has 0 saturated heterocycles. The van der Waals surface area contributed by atoms with Crippen LogP contribution in [0.3, 0.4) is 0 Å². The van der Waals surface area contributed by atoms with E-state index < -0.39 is 0 Å². The minimum Gasteiger partial charge on any atom is -0.497 e. The Bertz CT molecular complexity index is 1040. The van der Waals surface area contributed by atoms with Gasteiger partial charge in [-0.25, -0.2) is 0 Å². The van der Waals surface area contributed by atoms with Crippen LogP contribution in [0, 0.1) is 0 Å². The Morgan fingerprint density at radius 2 is 1.73 bits per heavy atom. The number of pyridine rings is 1. The third-order valence-corrected chi connectivity index (χ3v) is 4.32. The van der Waals surface area contributed by atoms with E-state index in [2.05, 4.69) is 15.6 Å². The normalized spacial score (nSPS) is 10.2. The lowest BCUT2D eigenvalue weighted by Gasteiger charge is -2.09. The van der Waals surface area contributed by atoms with Gasteiger partial charge in [-0.1, -0.05) is 18.2 Å². The topological polar surface area (TPSA) is 89.5 Å². The van der Waals surface area contributed by atoms with E-state index in [1.165, 1.54) is 6.20 Å². The molecule has 154 valence electrons. The number of benzene rings is 2. The van der Waals surface area contributed by atoms with Crippen LogP contribution < -0.4 is 20.1 Å². The quantitative estimate of drug-likeness (QED) is 0.595. The number of amides is 2. The second-order valence-corrected chi connectivity index (χ2v) is 6.49. The average molecular weight is 405 g/mol. The van der Waals surface area contributed by atoms with E-state index in [0.29, 0.717) is 35.8 Å². The largest absolute Gasteiger partial charge is 0.497 e. The fourth-order valence-electron chi connectivity index (χ4n) is 2.81. The first-order valence-corrected chi connectivity index (χ1v) is 9.46. The van der Waals surface area contributed by atoms with E-state index in [-0.39, 0.29) is 17.5 Å². The monoisotopic (exact) mass is 405 g/mol. The van der Waals surface area contributed by atoms with E-state index in [1.807, 2.05) is 42.5 Å². The minimum absolute atomic E-state index is 0.0843. The lowest BCUT2D eigenvalue weighted by molar-refractivity contribution is -0.116. The standard InChI is InChI=1S/C23H23N3O4/c1-24-23(28)21-15-20(11-12-25-21)30-19-8-3-5-16(13-19)9-10-22(27)26-17-6-4-7-18(14-17)29-2/h3-8,11-15H,9-10H2,1-2H3,(H,24,28)(H,26,27). The van der Waals surface area contributed by atoms with Crippen LogP contribution in [0.2, 0.25) is 0 Å². The van der Waals surface area contributed by atoms with E-state index >= 15 is 0 Å². The van der Waals surface area contributed by atoms with Crippen molar-refractivity contribution in [3.05, 3.63) is 78.1 Å². The molecule has 3 aromatic rings. The predicted molar refractivity (Wildman–Crippen MR) is 114 cm³/mol. The number of methoxy groups -OCH3 is 1. The number of carbonyl (C=O) groups excluding carboxylic acids is 2. The van der Waals surface area contributed by atoms with E-state index in [4.69, 9.17) is 9.47 Å². The van der Waals surface area contributed by atoms with Gasteiger partial charge < -0.3 is 20.1 Å². The number of anilines is 1. The van der Waals surface area contributed by atoms with Crippen molar-refractivity contribution in [2.45, 2.75) is 12.8 Å². The summed E-state index contributed by atoms with van der Waals surface area (Å²) in [7, 11) is 3.13. The van der Waals surface area contributed by atoms with E-state index in [1.54, 1.807) is 32.4 Å². The van der Waals surface area contributed by atoms with Crippen molar-refractivity contribution in [1.29, 1.82) is 0 Å². The SMILES string of the molecule is CNC(=O)c1cc(Oc2cccc(CCC(=O)Nc3cccc(OC)c3)c2)ccn1. The molecule has 0 aliphatic carbocycles. The van der Waals surface area contributed by atoms with Crippen LogP contribution in [-0.2, 0) is 11.2 Å². The fourth-order valence-corrected chi connectivity index (χ4v) is 2.81. The first-order valence-electron chi connectivity index (χ1n) is 9.46. The number of nitrogens with zero attached hydrogens (tertiary/aromatic N) is 1. The van der Waals surface area contributed by atoms with Gasteiger partial charge in [0.15, 0.2) is 0 Å². The zero-order chi connectivity index (χ0) is 21.3. The lowest BCUT2D eigenvalue weighted by atomic mass is 10.1. The zero-order valence-corrected chi connectivity index (χ0v) is 16.8. The summed E-state index contributed by atoms with van der Waals surface area (Å²) in [6.45, 7) is 0. The van der Waals surface area contributed by atoms with Gasteiger partial charge in [0.2, 0.25) is 5.91 Å². The van der Waals surface area contributed by atoms with Crippen molar-refractivity contribution in [2.75, 3.05) is 19.5 Å². The number of carbonyl (C=O) groups is 2. The first-order chi connectivity index (χ1) is 14.6. The number of aromatic nitrogens is 1. The average Bonchev–Trinajstić information content (AvgIpc) is 2.77. The Labute approximate surface area is 175 Å². The van der Waals surface area contributed by atoms with Crippen LogP contribution in [0.15, 0.2) is 66.9 Å². The highest BCUT2D eigenvalue weighted by molar-refractivity contribution is 5.92. The van der Waals surface area contributed by atoms with Crippen LogP contribution >= 0.6 is 0 Å². The highest BCUT2D eigenvalue weighted by atomic mass is 16.5. The number of rotatable bonds is 8. The van der Waals surface area contributed by atoms with Gasteiger partial charge in [0.25, 0.3) is 5.91 Å². The molecule has 3 rings (SSSR count). The van der Waals surface area contributed by atoms with Crippen molar-refractivity contribution in [2.24, 2.45) is 0 Å². The maximum Gasteiger partial charge on any atom is 0.269 e. The molecule has 0 saturated carbocycles. The third-order valence-electron chi connectivity index (χ3n) is 4.32. The van der Waals surface area contributed by atoms with Gasteiger partial charge in [-0.2, -0.15) is 0 Å². The van der Waals surface area contributed by atoms with Gasteiger partial charge in [0, 0.05) is 37.5 Å². The van der Waals surface area contributed by atoms with Crippen molar-refractivity contribution in [1.82, 2.24) is 10.3 Å². The first kappa shape index (κ1) is 20.9. The number of hydrogen-bond donors (Lipinski definition) is 2. The van der Waals surface area contributed by atoms with Crippen molar-refractivity contribution >= 4 is 17.5 Å². The minimum atomic E-state index is -0.281. The van der Waals surface area contributed by atoms with Gasteiger partial charge >= 0.3 is 0 Å². The van der Waals surface area contributed by atoms with Crippen molar-refractivity contribution in [3.8, 4) is 17.2 Å².